The number of hydrogen-bond donors (Lipinski definition) is 1. The second kappa shape index (κ2) is 11.2. The van der Waals surface area contributed by atoms with E-state index in [0.29, 0.717) is 18.0 Å². The summed E-state index contributed by atoms with van der Waals surface area (Å²) in [6, 6.07) is 9.21. The maximum Gasteiger partial charge on any atom is 0.344 e. The Kier molecular flexibility index (Phi) is 9.02. The number of aliphatic hydroxyl groups is 1. The predicted octanol–water partition coefficient (Wildman–Crippen LogP) is 3.98. The van der Waals surface area contributed by atoms with Gasteiger partial charge in [0.05, 0.1) is 6.54 Å². The summed E-state index contributed by atoms with van der Waals surface area (Å²) in [5.74, 6) is 5.93. The van der Waals surface area contributed by atoms with Crippen molar-refractivity contribution in [2.45, 2.75) is 58.5 Å². The van der Waals surface area contributed by atoms with Crippen LogP contribution in [0.5, 0.6) is 0 Å². The van der Waals surface area contributed by atoms with Crippen LogP contribution in [-0.2, 0) is 15.1 Å². The van der Waals surface area contributed by atoms with Gasteiger partial charge in [-0.2, -0.15) is 0 Å². The molecule has 2 rings (SSSR count). The Morgan fingerprint density at radius 3 is 2.50 bits per heavy atom. The van der Waals surface area contributed by atoms with Crippen molar-refractivity contribution in [2.24, 2.45) is 11.8 Å². The first-order valence-electron chi connectivity index (χ1n) is 10.6. The molecule has 1 N–H and O–H groups in total. The van der Waals surface area contributed by atoms with Crippen molar-refractivity contribution in [3.8, 4) is 11.8 Å². The normalized spacial score (nSPS) is 17.1. The van der Waals surface area contributed by atoms with Gasteiger partial charge >= 0.3 is 5.97 Å². The van der Waals surface area contributed by atoms with Gasteiger partial charge in [0.25, 0.3) is 0 Å². The lowest BCUT2D eigenvalue weighted by Gasteiger charge is -2.36. The van der Waals surface area contributed by atoms with Crippen LogP contribution in [0.2, 0.25) is 0 Å². The molecule has 28 heavy (non-hydrogen) atoms. The molecule has 0 aliphatic heterocycles. The molecule has 1 aromatic rings. The number of nitrogens with zero attached hydrogens (tertiary/aromatic N) is 1. The number of carbonyl (C=O) groups is 1. The molecule has 4 heteroatoms. The highest BCUT2D eigenvalue weighted by Crippen LogP contribution is 2.40. The Bertz CT molecular complexity index is 655. The number of carbonyl (C=O) groups excluding carboxylic acids is 1. The highest BCUT2D eigenvalue weighted by atomic mass is 16.5. The average molecular weight is 386 g/mol. The van der Waals surface area contributed by atoms with Gasteiger partial charge in [0.1, 0.15) is 0 Å². The Morgan fingerprint density at radius 1 is 1.21 bits per heavy atom. The first-order chi connectivity index (χ1) is 13.5. The Hall–Kier alpha value is -1.83. The van der Waals surface area contributed by atoms with Gasteiger partial charge in [-0.1, -0.05) is 82.2 Å². The molecule has 0 radical (unpaired) electrons. The summed E-state index contributed by atoms with van der Waals surface area (Å²) < 4.78 is 5.43. The Balaban J connectivity index is 2.01. The van der Waals surface area contributed by atoms with Gasteiger partial charge in [-0.3, -0.25) is 4.90 Å². The van der Waals surface area contributed by atoms with E-state index >= 15 is 0 Å². The van der Waals surface area contributed by atoms with Crippen LogP contribution in [0.1, 0.15) is 58.4 Å². The third kappa shape index (κ3) is 6.09. The molecule has 0 amide bonds. The fraction of sp³-hybridized carbons (Fsp3) is 0.625. The molecule has 0 aromatic heterocycles. The fourth-order valence-corrected chi connectivity index (χ4v) is 3.99. The van der Waals surface area contributed by atoms with Gasteiger partial charge in [0, 0.05) is 12.5 Å². The average Bonchev–Trinajstić information content (AvgIpc) is 2.72. The van der Waals surface area contributed by atoms with Gasteiger partial charge in [0.2, 0.25) is 0 Å². The molecule has 4 nitrogen and oxygen atoms in total. The molecule has 0 unspecified atom stereocenters. The van der Waals surface area contributed by atoms with Crippen molar-refractivity contribution in [3.63, 3.8) is 0 Å². The monoisotopic (exact) mass is 385 g/mol. The quantitative estimate of drug-likeness (QED) is 0.543. The largest absolute Gasteiger partial charge is 0.450 e. The van der Waals surface area contributed by atoms with Crippen LogP contribution in [0.4, 0.5) is 0 Å². The number of ether oxygens (including phenoxy) is 1. The highest BCUT2D eigenvalue weighted by molar-refractivity contribution is 5.81. The maximum absolute atomic E-state index is 12.9. The van der Waals surface area contributed by atoms with Crippen molar-refractivity contribution in [2.75, 3.05) is 26.2 Å². The smallest absolute Gasteiger partial charge is 0.344 e. The lowest BCUT2D eigenvalue weighted by Crippen LogP contribution is -2.45. The highest BCUT2D eigenvalue weighted by Gasteiger charge is 2.46. The molecule has 154 valence electrons. The first-order valence-corrected chi connectivity index (χ1v) is 10.6. The molecule has 0 spiro atoms. The molecule has 0 heterocycles. The molecule has 0 saturated heterocycles. The zero-order chi connectivity index (χ0) is 20.4. The van der Waals surface area contributed by atoms with Crippen LogP contribution in [-0.4, -0.2) is 42.2 Å². The van der Waals surface area contributed by atoms with E-state index < -0.39 is 11.6 Å². The summed E-state index contributed by atoms with van der Waals surface area (Å²) in [5.41, 5.74) is -0.967. The molecular formula is C24H35NO3. The van der Waals surface area contributed by atoms with Gasteiger partial charge in [-0.05, 0) is 30.9 Å². The summed E-state index contributed by atoms with van der Waals surface area (Å²) in [6.45, 7) is 9.12. The topological polar surface area (TPSA) is 49.8 Å². The number of esters is 1. The lowest BCUT2D eigenvalue weighted by molar-refractivity contribution is -0.174. The summed E-state index contributed by atoms with van der Waals surface area (Å²) in [4.78, 5) is 15.2. The predicted molar refractivity (Wildman–Crippen MR) is 113 cm³/mol. The van der Waals surface area contributed by atoms with E-state index in [0.717, 1.165) is 45.2 Å². The van der Waals surface area contributed by atoms with E-state index in [1.807, 2.05) is 30.3 Å². The summed E-state index contributed by atoms with van der Waals surface area (Å²) >= 11 is 0. The summed E-state index contributed by atoms with van der Waals surface area (Å²) in [5, 5.41) is 11.4. The van der Waals surface area contributed by atoms with Crippen molar-refractivity contribution < 1.29 is 14.6 Å². The zero-order valence-corrected chi connectivity index (χ0v) is 17.6. The van der Waals surface area contributed by atoms with Crippen molar-refractivity contribution >= 4 is 5.97 Å². The molecule has 1 atom stereocenters. The van der Waals surface area contributed by atoms with Crippen LogP contribution in [0, 0.1) is 23.7 Å². The number of hydrogen-bond acceptors (Lipinski definition) is 4. The zero-order valence-electron chi connectivity index (χ0n) is 17.6. The SMILES string of the molecule is CCN(CC#CCOC(=O)[C@@](O)(c1ccccc1)C1CCCCC1)CC(C)C. The van der Waals surface area contributed by atoms with E-state index in [-0.39, 0.29) is 12.5 Å². The molecule has 1 fully saturated rings. The molecule has 1 aliphatic carbocycles. The van der Waals surface area contributed by atoms with Gasteiger partial charge in [-0.25, -0.2) is 4.79 Å². The van der Waals surface area contributed by atoms with Crippen molar-refractivity contribution in [1.29, 1.82) is 0 Å². The standard InChI is InChI=1S/C24H35NO3/c1-4-25(19-20(2)3)17-11-12-18-28-23(26)24(27,21-13-7-5-8-14-21)22-15-9-6-10-16-22/h5,7-8,13-14,20,22,27H,4,6,9-10,15-19H2,1-3H3/t24-/m1/s1. The third-order valence-corrected chi connectivity index (χ3v) is 5.49. The Labute approximate surface area is 170 Å². The molecule has 1 aromatic carbocycles. The first kappa shape index (κ1) is 22.5. The molecule has 1 saturated carbocycles. The molecular weight excluding hydrogens is 350 g/mol. The van der Waals surface area contributed by atoms with E-state index in [4.69, 9.17) is 4.74 Å². The van der Waals surface area contributed by atoms with Gasteiger partial charge in [-0.15, -0.1) is 0 Å². The number of benzene rings is 1. The minimum Gasteiger partial charge on any atom is -0.450 e. The maximum atomic E-state index is 12.9. The lowest BCUT2D eigenvalue weighted by atomic mass is 9.73. The van der Waals surface area contributed by atoms with E-state index in [9.17, 15) is 9.90 Å². The van der Waals surface area contributed by atoms with Crippen molar-refractivity contribution in [3.05, 3.63) is 35.9 Å². The summed E-state index contributed by atoms with van der Waals surface area (Å²) in [6.07, 6.45) is 4.91. The fourth-order valence-electron chi connectivity index (χ4n) is 3.99. The molecule has 0 bridgehead atoms. The van der Waals surface area contributed by atoms with Crippen LogP contribution in [0.25, 0.3) is 0 Å². The Morgan fingerprint density at radius 2 is 1.89 bits per heavy atom. The van der Waals surface area contributed by atoms with E-state index in [1.54, 1.807) is 0 Å². The van der Waals surface area contributed by atoms with Crippen LogP contribution in [0.3, 0.4) is 0 Å². The summed E-state index contributed by atoms with van der Waals surface area (Å²) in [7, 11) is 0. The third-order valence-electron chi connectivity index (χ3n) is 5.49. The minimum absolute atomic E-state index is 0.0138. The molecule has 1 aliphatic rings. The van der Waals surface area contributed by atoms with Crippen LogP contribution >= 0.6 is 0 Å². The second-order valence-electron chi connectivity index (χ2n) is 8.12. The second-order valence-corrected chi connectivity index (χ2v) is 8.12. The van der Waals surface area contributed by atoms with Crippen LogP contribution in [0.15, 0.2) is 30.3 Å². The van der Waals surface area contributed by atoms with Gasteiger partial charge in [0.15, 0.2) is 12.2 Å². The number of rotatable bonds is 8. The van der Waals surface area contributed by atoms with Crippen molar-refractivity contribution in [1.82, 2.24) is 4.90 Å². The van der Waals surface area contributed by atoms with E-state index in [1.165, 1.54) is 0 Å². The minimum atomic E-state index is -1.59. The van der Waals surface area contributed by atoms with Crippen LogP contribution < -0.4 is 0 Å². The van der Waals surface area contributed by atoms with Gasteiger partial charge < -0.3 is 9.84 Å². The van der Waals surface area contributed by atoms with E-state index in [2.05, 4.69) is 37.5 Å².